The first kappa shape index (κ1) is 25.2. The molecule has 0 saturated heterocycles. The Bertz CT molecular complexity index is 1380. The number of nitrogens with one attached hydrogen (secondary N) is 2. The van der Waals surface area contributed by atoms with E-state index in [1.807, 2.05) is 19.1 Å². The highest BCUT2D eigenvalue weighted by atomic mass is 32.3. The van der Waals surface area contributed by atoms with Crippen LogP contribution in [0.4, 0.5) is 11.4 Å². The molecule has 188 valence electrons. The average Bonchev–Trinajstić information content (AvgIpc) is 2.76. The molecule has 1 aliphatic carbocycles. The van der Waals surface area contributed by atoms with Crippen LogP contribution < -0.4 is 15.2 Å². The zero-order chi connectivity index (χ0) is 25.8. The van der Waals surface area contributed by atoms with E-state index >= 15 is 0 Å². The minimum absolute atomic E-state index is 0.0117. The predicted molar refractivity (Wildman–Crippen MR) is 138 cm³/mol. The Morgan fingerprint density at radius 2 is 1.89 bits per heavy atom. The van der Waals surface area contributed by atoms with Crippen LogP contribution in [0.5, 0.6) is 0 Å². The SMILES string of the molecule is CC(C)CC[C@@]1(C)C(=O)C(C2=NS(O)(O)c3cc(NS(N)(=O)=O)ccc3N2)=C(O)c2ccccc21. The summed E-state index contributed by atoms with van der Waals surface area (Å²) < 4.78 is 50.4. The van der Waals surface area contributed by atoms with E-state index in [2.05, 4.69) is 28.3 Å². The van der Waals surface area contributed by atoms with Crippen molar-refractivity contribution in [2.24, 2.45) is 15.5 Å². The van der Waals surface area contributed by atoms with Gasteiger partial charge in [-0.25, -0.2) is 5.14 Å². The number of aliphatic hydroxyl groups is 1. The first-order chi connectivity index (χ1) is 16.2. The quantitative estimate of drug-likeness (QED) is 0.327. The van der Waals surface area contributed by atoms with E-state index in [-0.39, 0.29) is 39.2 Å². The summed E-state index contributed by atoms with van der Waals surface area (Å²) in [5, 5.41) is 19.0. The van der Waals surface area contributed by atoms with Gasteiger partial charge in [0, 0.05) is 5.56 Å². The van der Waals surface area contributed by atoms with Crippen LogP contribution in [0, 0.1) is 5.92 Å². The van der Waals surface area contributed by atoms with Crippen molar-refractivity contribution >= 4 is 49.7 Å². The van der Waals surface area contributed by atoms with Gasteiger partial charge in [-0.3, -0.25) is 18.6 Å². The lowest BCUT2D eigenvalue weighted by atomic mass is 9.66. The maximum absolute atomic E-state index is 13.9. The van der Waals surface area contributed by atoms with Gasteiger partial charge in [-0.1, -0.05) is 48.9 Å². The van der Waals surface area contributed by atoms with Gasteiger partial charge in [0.25, 0.3) is 10.2 Å². The van der Waals surface area contributed by atoms with Gasteiger partial charge in [0.1, 0.15) is 16.2 Å². The number of carbonyl (C=O) groups excluding carboxylic acids is 1. The van der Waals surface area contributed by atoms with Crippen LogP contribution in [0.1, 0.15) is 44.7 Å². The second-order valence-electron chi connectivity index (χ2n) is 9.30. The number of hydrogen-bond acceptors (Lipinski definition) is 8. The maximum atomic E-state index is 13.9. The molecule has 0 saturated carbocycles. The molecular weight excluding hydrogens is 492 g/mol. The molecule has 0 fully saturated rings. The monoisotopic (exact) mass is 520 g/mol. The summed E-state index contributed by atoms with van der Waals surface area (Å²) in [6, 6.07) is 11.1. The Labute approximate surface area is 205 Å². The number of fused-ring (bicyclic) bond motifs is 2. The number of ketones is 1. The Hall–Kier alpha value is -2.90. The third-order valence-corrected chi connectivity index (χ3v) is 8.09. The lowest BCUT2D eigenvalue weighted by Crippen LogP contribution is -2.42. The van der Waals surface area contributed by atoms with Crippen LogP contribution in [0.2, 0.25) is 0 Å². The summed E-state index contributed by atoms with van der Waals surface area (Å²) in [7, 11) is -7.94. The second kappa shape index (κ2) is 8.64. The van der Waals surface area contributed by atoms with Gasteiger partial charge >= 0.3 is 0 Å². The van der Waals surface area contributed by atoms with Crippen molar-refractivity contribution < 1.29 is 27.4 Å². The van der Waals surface area contributed by atoms with Gasteiger partial charge in [0.15, 0.2) is 11.6 Å². The fourth-order valence-corrected chi connectivity index (χ4v) is 6.02. The summed E-state index contributed by atoms with van der Waals surface area (Å²) in [5.41, 5.74) is 0.302. The largest absolute Gasteiger partial charge is 0.506 e. The first-order valence-electron chi connectivity index (χ1n) is 10.9. The van der Waals surface area contributed by atoms with Gasteiger partial charge in [-0.05, 0) is 49.4 Å². The minimum atomic E-state index is -4.08. The molecule has 0 bridgehead atoms. The van der Waals surface area contributed by atoms with Crippen molar-refractivity contribution in [3.8, 4) is 0 Å². The van der Waals surface area contributed by atoms with Crippen molar-refractivity contribution in [1.29, 1.82) is 0 Å². The molecule has 1 aliphatic heterocycles. The molecule has 12 heteroatoms. The fourth-order valence-electron chi connectivity index (χ4n) is 4.37. The van der Waals surface area contributed by atoms with Crippen LogP contribution in [0.15, 0.2) is 57.3 Å². The van der Waals surface area contributed by atoms with Crippen LogP contribution in [0.25, 0.3) is 5.76 Å². The van der Waals surface area contributed by atoms with Gasteiger partial charge < -0.3 is 10.4 Å². The highest BCUT2D eigenvalue weighted by Crippen LogP contribution is 2.57. The van der Waals surface area contributed by atoms with E-state index < -0.39 is 26.4 Å². The van der Waals surface area contributed by atoms with Crippen molar-refractivity contribution in [2.45, 2.75) is 43.9 Å². The zero-order valence-electron chi connectivity index (χ0n) is 19.4. The molecule has 0 amide bonds. The number of anilines is 2. The zero-order valence-corrected chi connectivity index (χ0v) is 21.1. The van der Waals surface area contributed by atoms with E-state index in [0.29, 0.717) is 23.5 Å². The molecule has 1 atom stereocenters. The Balaban J connectivity index is 1.82. The summed E-state index contributed by atoms with van der Waals surface area (Å²) >= 11 is 0. The van der Waals surface area contributed by atoms with Gasteiger partial charge in [0.2, 0.25) is 0 Å². The standard InChI is InChI=1S/C23H28N4O6S2/c1-13(2)10-11-23(3)16-7-5-4-6-15(16)20(28)19(21(23)29)22-25-17-9-8-14(26-35(24,32)33)12-18(17)34(30,31)27-22/h4-9,12-13,26,28,30-31H,10-11H2,1-3H3,(H,25,27)(H2,24,32,33)/t23-/m1/s1. The average molecular weight is 521 g/mol. The first-order valence-corrected chi connectivity index (χ1v) is 14.0. The molecule has 2 aromatic rings. The van der Waals surface area contributed by atoms with E-state index in [1.54, 1.807) is 12.1 Å². The molecule has 0 radical (unpaired) electrons. The molecule has 0 spiro atoms. The summed E-state index contributed by atoms with van der Waals surface area (Å²) in [6.45, 7) is 5.95. The van der Waals surface area contributed by atoms with Gasteiger partial charge in [-0.15, -0.1) is 4.40 Å². The van der Waals surface area contributed by atoms with Gasteiger partial charge in [0.05, 0.1) is 16.8 Å². The third kappa shape index (κ3) is 4.67. The number of nitrogens with two attached hydrogens (primary N) is 1. The predicted octanol–water partition coefficient (Wildman–Crippen LogP) is 4.40. The van der Waals surface area contributed by atoms with E-state index in [0.717, 1.165) is 6.42 Å². The molecule has 2 aliphatic rings. The maximum Gasteiger partial charge on any atom is 0.296 e. The molecule has 0 unspecified atom stereocenters. The summed E-state index contributed by atoms with van der Waals surface area (Å²) in [4.78, 5) is 13.8. The molecule has 1 heterocycles. The Morgan fingerprint density at radius 3 is 2.54 bits per heavy atom. The number of carbonyl (C=O) groups is 1. The molecule has 2 aromatic carbocycles. The van der Waals surface area contributed by atoms with E-state index in [4.69, 9.17) is 5.14 Å². The van der Waals surface area contributed by atoms with E-state index in [1.165, 1.54) is 18.2 Å². The van der Waals surface area contributed by atoms with Gasteiger partial charge in [-0.2, -0.15) is 8.42 Å². The number of rotatable bonds is 6. The lowest BCUT2D eigenvalue weighted by molar-refractivity contribution is -0.120. The Kier molecular flexibility index (Phi) is 6.22. The summed E-state index contributed by atoms with van der Waals surface area (Å²) in [6.07, 6.45) is 1.29. The molecule has 7 N–H and O–H groups in total. The smallest absolute Gasteiger partial charge is 0.296 e. The van der Waals surface area contributed by atoms with Crippen LogP contribution in [0.3, 0.4) is 0 Å². The second-order valence-corrected chi connectivity index (χ2v) is 12.3. The number of Topliss-reactive ketones (excluding diaryl/α,β-unsaturated/α-hetero) is 1. The highest BCUT2D eigenvalue weighted by Gasteiger charge is 2.46. The molecule has 10 nitrogen and oxygen atoms in total. The van der Waals surface area contributed by atoms with Crippen molar-refractivity contribution in [3.05, 3.63) is 59.2 Å². The lowest BCUT2D eigenvalue weighted by Gasteiger charge is -2.39. The van der Waals surface area contributed by atoms with Crippen molar-refractivity contribution in [1.82, 2.24) is 0 Å². The molecule has 4 rings (SSSR count). The van der Waals surface area contributed by atoms with Crippen LogP contribution >= 0.6 is 10.8 Å². The van der Waals surface area contributed by atoms with Crippen molar-refractivity contribution in [2.75, 3.05) is 10.0 Å². The third-order valence-electron chi connectivity index (χ3n) is 6.21. The van der Waals surface area contributed by atoms with E-state index in [9.17, 15) is 27.4 Å². The summed E-state index contributed by atoms with van der Waals surface area (Å²) in [5.74, 6) is -0.506. The topological polar surface area (TPSA) is 174 Å². The number of nitrogens with zero attached hydrogens (tertiary/aromatic N) is 1. The molecule has 0 aromatic heterocycles. The highest BCUT2D eigenvalue weighted by molar-refractivity contribution is 8.23. The number of aliphatic hydroxyl groups excluding tert-OH is 1. The number of benzene rings is 2. The Morgan fingerprint density at radius 1 is 1.20 bits per heavy atom. The number of hydrogen-bond donors (Lipinski definition) is 6. The fraction of sp³-hybridized carbons (Fsp3) is 0.304. The molecule has 35 heavy (non-hydrogen) atoms. The number of amidine groups is 1. The minimum Gasteiger partial charge on any atom is -0.506 e. The molecular formula is C23H28N4O6S2. The van der Waals surface area contributed by atoms with Crippen LogP contribution in [-0.4, -0.2) is 34.2 Å². The normalized spacial score (nSPS) is 22.1. The van der Waals surface area contributed by atoms with Crippen molar-refractivity contribution in [3.63, 3.8) is 0 Å². The van der Waals surface area contributed by atoms with Crippen LogP contribution in [-0.2, 0) is 20.4 Å².